The predicted octanol–water partition coefficient (Wildman–Crippen LogP) is 5.09. The highest BCUT2D eigenvalue weighted by Crippen LogP contribution is 2.20. The fourth-order valence-electron chi connectivity index (χ4n) is 2.53. The lowest BCUT2D eigenvalue weighted by Crippen LogP contribution is -2.34. The molecular formula is C22H19ClN2O2S. The van der Waals surface area contributed by atoms with E-state index >= 15 is 0 Å². The molecule has 0 saturated carbocycles. The quantitative estimate of drug-likeness (QED) is 0.556. The zero-order valence-electron chi connectivity index (χ0n) is 15.0. The molecule has 4 nitrogen and oxygen atoms in total. The van der Waals surface area contributed by atoms with Gasteiger partial charge >= 0.3 is 0 Å². The van der Waals surface area contributed by atoms with Crippen molar-refractivity contribution in [3.63, 3.8) is 0 Å². The monoisotopic (exact) mass is 410 g/mol. The molecule has 0 fully saturated rings. The lowest BCUT2D eigenvalue weighted by atomic mass is 10.2. The number of hydrogen-bond acceptors (Lipinski definition) is 3. The first-order chi connectivity index (χ1) is 13.6. The molecular weight excluding hydrogens is 392 g/mol. The number of rotatable bonds is 6. The lowest BCUT2D eigenvalue weighted by Gasteiger charge is -2.11. The van der Waals surface area contributed by atoms with Gasteiger partial charge in [-0.15, -0.1) is 0 Å². The second kappa shape index (κ2) is 9.88. The van der Waals surface area contributed by atoms with Crippen molar-refractivity contribution >= 4 is 40.5 Å². The molecule has 2 N–H and O–H groups in total. The molecule has 3 aromatic rings. The normalized spacial score (nSPS) is 10.2. The highest BCUT2D eigenvalue weighted by Gasteiger charge is 2.09. The Morgan fingerprint density at radius 2 is 1.61 bits per heavy atom. The van der Waals surface area contributed by atoms with Gasteiger partial charge in [-0.3, -0.25) is 10.1 Å². The highest BCUT2D eigenvalue weighted by molar-refractivity contribution is 7.80. The van der Waals surface area contributed by atoms with Crippen molar-refractivity contribution in [3.05, 3.63) is 95.0 Å². The Hall–Kier alpha value is -2.89. The van der Waals surface area contributed by atoms with Crippen LogP contribution in [0.1, 0.15) is 15.9 Å². The van der Waals surface area contributed by atoms with Crippen LogP contribution in [0.25, 0.3) is 0 Å². The Balaban J connectivity index is 1.49. The van der Waals surface area contributed by atoms with Crippen molar-refractivity contribution in [2.24, 2.45) is 0 Å². The van der Waals surface area contributed by atoms with Gasteiger partial charge in [-0.2, -0.15) is 0 Å². The van der Waals surface area contributed by atoms with E-state index < -0.39 is 0 Å². The molecule has 1 amide bonds. The van der Waals surface area contributed by atoms with E-state index in [2.05, 4.69) is 22.8 Å². The zero-order chi connectivity index (χ0) is 19.8. The van der Waals surface area contributed by atoms with Crippen molar-refractivity contribution in [1.82, 2.24) is 5.32 Å². The smallest absolute Gasteiger partial charge is 0.257 e. The first-order valence-corrected chi connectivity index (χ1v) is 9.54. The number of thiocarbonyl (C=S) groups is 1. The number of para-hydroxylation sites is 1. The summed E-state index contributed by atoms with van der Waals surface area (Å²) < 4.78 is 5.73. The van der Waals surface area contributed by atoms with E-state index in [9.17, 15) is 4.79 Å². The maximum atomic E-state index is 12.3. The van der Waals surface area contributed by atoms with Crippen LogP contribution >= 0.6 is 23.8 Å². The standard InChI is InChI=1S/C22H19ClN2O2S/c23-19-8-4-5-9-20(19)24-22(28)25-21(26)17-10-12-18(13-11-17)27-15-14-16-6-2-1-3-7-16/h1-13H,14-15H2,(H2,24,25,26,28). The minimum absolute atomic E-state index is 0.182. The van der Waals surface area contributed by atoms with Crippen LogP contribution in [0.15, 0.2) is 78.9 Å². The largest absolute Gasteiger partial charge is 0.493 e. The average molecular weight is 411 g/mol. The van der Waals surface area contributed by atoms with Crippen LogP contribution in [0.4, 0.5) is 5.69 Å². The van der Waals surface area contributed by atoms with Gasteiger partial charge in [0.05, 0.1) is 17.3 Å². The van der Waals surface area contributed by atoms with Gasteiger partial charge in [-0.25, -0.2) is 0 Å². The molecule has 0 saturated heterocycles. The van der Waals surface area contributed by atoms with Gasteiger partial charge in [-0.05, 0) is 54.2 Å². The van der Waals surface area contributed by atoms with Gasteiger partial charge in [0, 0.05) is 12.0 Å². The molecule has 6 heteroatoms. The van der Waals surface area contributed by atoms with Crippen molar-refractivity contribution in [2.75, 3.05) is 11.9 Å². The molecule has 0 aromatic heterocycles. The van der Waals surface area contributed by atoms with Crippen molar-refractivity contribution in [1.29, 1.82) is 0 Å². The van der Waals surface area contributed by atoms with Gasteiger partial charge in [0.25, 0.3) is 5.91 Å². The highest BCUT2D eigenvalue weighted by atomic mass is 35.5. The van der Waals surface area contributed by atoms with Crippen molar-refractivity contribution in [3.8, 4) is 5.75 Å². The molecule has 0 unspecified atom stereocenters. The predicted molar refractivity (Wildman–Crippen MR) is 117 cm³/mol. The SMILES string of the molecule is O=C(NC(=S)Nc1ccccc1Cl)c1ccc(OCCc2ccccc2)cc1. The first kappa shape index (κ1) is 19.9. The summed E-state index contributed by atoms with van der Waals surface area (Å²) in [6.07, 6.45) is 0.824. The second-order valence-electron chi connectivity index (χ2n) is 6.00. The summed E-state index contributed by atoms with van der Waals surface area (Å²) in [5, 5.41) is 6.25. The molecule has 0 bridgehead atoms. The number of halogens is 1. The fraction of sp³-hybridized carbons (Fsp3) is 0.0909. The third-order valence-electron chi connectivity index (χ3n) is 3.97. The van der Waals surface area contributed by atoms with Crippen LogP contribution < -0.4 is 15.4 Å². The Bertz CT molecular complexity index is 946. The third-order valence-corrected chi connectivity index (χ3v) is 4.50. The van der Waals surface area contributed by atoms with Gasteiger partial charge in [-0.1, -0.05) is 54.1 Å². The number of benzene rings is 3. The number of carbonyl (C=O) groups is 1. The average Bonchev–Trinajstić information content (AvgIpc) is 2.71. The summed E-state index contributed by atoms with van der Waals surface area (Å²) in [5.41, 5.74) is 2.34. The van der Waals surface area contributed by atoms with E-state index in [4.69, 9.17) is 28.6 Å². The summed E-state index contributed by atoms with van der Waals surface area (Å²) in [6.45, 7) is 0.571. The van der Waals surface area contributed by atoms with Gasteiger partial charge < -0.3 is 10.1 Å². The van der Waals surface area contributed by atoms with E-state index in [1.54, 1.807) is 36.4 Å². The molecule has 142 valence electrons. The number of amides is 1. The van der Waals surface area contributed by atoms with Crippen molar-refractivity contribution in [2.45, 2.75) is 6.42 Å². The Kier molecular flexibility index (Phi) is 7.00. The van der Waals surface area contributed by atoms with Gasteiger partial charge in [0.15, 0.2) is 5.11 Å². The molecule has 0 atom stereocenters. The first-order valence-electron chi connectivity index (χ1n) is 8.75. The maximum absolute atomic E-state index is 12.3. The van der Waals surface area contributed by atoms with Gasteiger partial charge in [0.1, 0.15) is 5.75 Å². The number of nitrogens with one attached hydrogen (secondary N) is 2. The van der Waals surface area contributed by atoms with E-state index in [1.165, 1.54) is 5.56 Å². The number of carbonyl (C=O) groups excluding carboxylic acids is 1. The summed E-state index contributed by atoms with van der Waals surface area (Å²) in [7, 11) is 0. The Morgan fingerprint density at radius 3 is 2.32 bits per heavy atom. The molecule has 0 radical (unpaired) electrons. The molecule has 3 rings (SSSR count). The second-order valence-corrected chi connectivity index (χ2v) is 6.81. The topological polar surface area (TPSA) is 50.4 Å². The Labute approximate surface area is 174 Å². The van der Waals surface area contributed by atoms with E-state index in [-0.39, 0.29) is 11.0 Å². The van der Waals surface area contributed by atoms with Crippen LogP contribution in [0, 0.1) is 0 Å². The summed E-state index contributed by atoms with van der Waals surface area (Å²) in [5.74, 6) is 0.407. The zero-order valence-corrected chi connectivity index (χ0v) is 16.6. The van der Waals surface area contributed by atoms with Crippen LogP contribution in [-0.4, -0.2) is 17.6 Å². The molecule has 0 aliphatic rings. The van der Waals surface area contributed by atoms with E-state index in [0.717, 1.165) is 6.42 Å². The maximum Gasteiger partial charge on any atom is 0.257 e. The lowest BCUT2D eigenvalue weighted by molar-refractivity contribution is 0.0977. The summed E-state index contributed by atoms with van der Waals surface area (Å²) in [6, 6.07) is 24.2. The van der Waals surface area contributed by atoms with Gasteiger partial charge in [0.2, 0.25) is 0 Å². The molecule has 28 heavy (non-hydrogen) atoms. The number of anilines is 1. The van der Waals surface area contributed by atoms with E-state index in [0.29, 0.717) is 28.6 Å². The molecule has 0 spiro atoms. The minimum atomic E-state index is -0.305. The Morgan fingerprint density at radius 1 is 0.929 bits per heavy atom. The van der Waals surface area contributed by atoms with Crippen LogP contribution in [0.3, 0.4) is 0 Å². The van der Waals surface area contributed by atoms with Crippen LogP contribution in [0.5, 0.6) is 5.75 Å². The van der Waals surface area contributed by atoms with E-state index in [1.807, 2.05) is 30.3 Å². The summed E-state index contributed by atoms with van der Waals surface area (Å²) in [4.78, 5) is 12.3. The van der Waals surface area contributed by atoms with Crippen LogP contribution in [-0.2, 0) is 6.42 Å². The minimum Gasteiger partial charge on any atom is -0.493 e. The molecule has 0 aliphatic heterocycles. The van der Waals surface area contributed by atoms with Crippen molar-refractivity contribution < 1.29 is 9.53 Å². The number of hydrogen-bond donors (Lipinski definition) is 2. The molecule has 0 heterocycles. The number of ether oxygens (including phenoxy) is 1. The fourth-order valence-corrected chi connectivity index (χ4v) is 2.91. The molecule has 3 aromatic carbocycles. The summed E-state index contributed by atoms with van der Waals surface area (Å²) >= 11 is 11.2. The van der Waals surface area contributed by atoms with Crippen LogP contribution in [0.2, 0.25) is 5.02 Å². The third kappa shape index (κ3) is 5.81. The molecule has 0 aliphatic carbocycles.